The van der Waals surface area contributed by atoms with Crippen LogP contribution in [0.15, 0.2) is 51.7 Å². The maximum absolute atomic E-state index is 12.1. The van der Waals surface area contributed by atoms with Crippen molar-refractivity contribution in [1.29, 1.82) is 0 Å². The fourth-order valence-corrected chi connectivity index (χ4v) is 2.27. The number of fused-ring (bicyclic) bond motifs is 1. The molecule has 0 fully saturated rings. The molecular weight excluding hydrogens is 306 g/mol. The predicted molar refractivity (Wildman–Crippen MR) is 82.0 cm³/mol. The number of aromatic nitrogens is 1. The zero-order valence-electron chi connectivity index (χ0n) is 11.5. The van der Waals surface area contributed by atoms with E-state index in [1.807, 2.05) is 0 Å². The van der Waals surface area contributed by atoms with E-state index < -0.39 is 11.5 Å². The van der Waals surface area contributed by atoms with Gasteiger partial charge in [0, 0.05) is 6.92 Å². The second-order valence-electron chi connectivity index (χ2n) is 4.53. The summed E-state index contributed by atoms with van der Waals surface area (Å²) in [4.78, 5) is 27.2. The van der Waals surface area contributed by atoms with Crippen molar-refractivity contribution in [2.24, 2.45) is 0 Å². The van der Waals surface area contributed by atoms with Gasteiger partial charge in [0.25, 0.3) is 5.56 Å². The van der Waals surface area contributed by atoms with E-state index >= 15 is 0 Å². The normalized spacial score (nSPS) is 10.6. The zero-order valence-corrected chi connectivity index (χ0v) is 12.3. The van der Waals surface area contributed by atoms with Gasteiger partial charge in [-0.15, -0.1) is 0 Å². The molecule has 0 N–H and O–H groups in total. The SMILES string of the molecule is CC(=O)Oc1ccccc1-c1nc(=O)c2cccc(Cl)c2o1. The summed E-state index contributed by atoms with van der Waals surface area (Å²) in [5, 5.41) is 0.601. The Morgan fingerprint density at radius 3 is 2.73 bits per heavy atom. The van der Waals surface area contributed by atoms with Crippen molar-refractivity contribution < 1.29 is 13.9 Å². The number of nitrogens with zero attached hydrogens (tertiary/aromatic N) is 1. The van der Waals surface area contributed by atoms with E-state index in [-0.39, 0.29) is 17.2 Å². The number of carbonyl (C=O) groups is 1. The fourth-order valence-electron chi connectivity index (χ4n) is 2.06. The van der Waals surface area contributed by atoms with Gasteiger partial charge in [-0.05, 0) is 24.3 Å². The highest BCUT2D eigenvalue weighted by Gasteiger charge is 2.15. The molecule has 3 rings (SSSR count). The first kappa shape index (κ1) is 14.3. The lowest BCUT2D eigenvalue weighted by molar-refractivity contribution is -0.131. The Bertz CT molecular complexity index is 933. The van der Waals surface area contributed by atoms with Gasteiger partial charge in [0.05, 0.1) is 16.0 Å². The molecule has 110 valence electrons. The molecule has 0 atom stereocenters. The van der Waals surface area contributed by atoms with Gasteiger partial charge in [0.15, 0.2) is 5.58 Å². The van der Waals surface area contributed by atoms with Crippen LogP contribution in [0.5, 0.6) is 5.75 Å². The van der Waals surface area contributed by atoms with Crippen LogP contribution in [0.4, 0.5) is 0 Å². The molecule has 22 heavy (non-hydrogen) atoms. The first-order valence-electron chi connectivity index (χ1n) is 6.43. The highest BCUT2D eigenvalue weighted by atomic mass is 35.5. The number of carbonyl (C=O) groups excluding carboxylic acids is 1. The minimum Gasteiger partial charge on any atom is -0.436 e. The monoisotopic (exact) mass is 315 g/mol. The van der Waals surface area contributed by atoms with Gasteiger partial charge >= 0.3 is 5.97 Å². The molecule has 0 aliphatic heterocycles. The zero-order chi connectivity index (χ0) is 15.7. The third kappa shape index (κ3) is 2.58. The highest BCUT2D eigenvalue weighted by Crippen LogP contribution is 2.31. The van der Waals surface area contributed by atoms with Crippen LogP contribution in [-0.2, 0) is 4.79 Å². The minimum absolute atomic E-state index is 0.0439. The van der Waals surface area contributed by atoms with Crippen LogP contribution in [0.2, 0.25) is 5.02 Å². The summed E-state index contributed by atoms with van der Waals surface area (Å²) in [5.74, 6) is -0.173. The summed E-state index contributed by atoms with van der Waals surface area (Å²) in [6.45, 7) is 1.29. The van der Waals surface area contributed by atoms with Crippen LogP contribution in [0.1, 0.15) is 6.92 Å². The summed E-state index contributed by atoms with van der Waals surface area (Å²) in [7, 11) is 0. The Balaban J connectivity index is 2.26. The lowest BCUT2D eigenvalue weighted by atomic mass is 10.2. The first-order chi connectivity index (χ1) is 10.6. The van der Waals surface area contributed by atoms with Crippen molar-refractivity contribution >= 4 is 28.5 Å². The number of hydrogen-bond acceptors (Lipinski definition) is 5. The van der Waals surface area contributed by atoms with Crippen molar-refractivity contribution in [1.82, 2.24) is 4.98 Å². The molecule has 5 nitrogen and oxygen atoms in total. The van der Waals surface area contributed by atoms with Crippen molar-refractivity contribution in [3.05, 3.63) is 57.8 Å². The molecule has 2 aromatic carbocycles. The van der Waals surface area contributed by atoms with E-state index in [2.05, 4.69) is 4.98 Å². The van der Waals surface area contributed by atoms with Gasteiger partial charge in [-0.1, -0.05) is 29.8 Å². The summed E-state index contributed by atoms with van der Waals surface area (Å²) in [6.07, 6.45) is 0. The standard InChI is InChI=1S/C16H10ClNO4/c1-9(19)21-13-8-3-2-5-10(13)16-18-15(20)11-6-4-7-12(17)14(11)22-16/h2-8H,1H3. The molecule has 0 saturated carbocycles. The fraction of sp³-hybridized carbons (Fsp3) is 0.0625. The summed E-state index contributed by atoms with van der Waals surface area (Å²) in [6, 6.07) is 11.5. The van der Waals surface area contributed by atoms with Crippen LogP contribution in [0.25, 0.3) is 22.4 Å². The Hall–Kier alpha value is -2.66. The lowest BCUT2D eigenvalue weighted by Crippen LogP contribution is -2.08. The van der Waals surface area contributed by atoms with Crippen LogP contribution >= 0.6 is 11.6 Å². The minimum atomic E-state index is -0.478. The van der Waals surface area contributed by atoms with Crippen molar-refractivity contribution in [2.75, 3.05) is 0 Å². The van der Waals surface area contributed by atoms with Crippen molar-refractivity contribution in [3.63, 3.8) is 0 Å². The summed E-state index contributed by atoms with van der Waals surface area (Å²) in [5.41, 5.74) is 0.185. The maximum atomic E-state index is 12.1. The van der Waals surface area contributed by atoms with E-state index in [1.165, 1.54) is 6.92 Å². The van der Waals surface area contributed by atoms with Gasteiger partial charge in [0.1, 0.15) is 5.75 Å². The second-order valence-corrected chi connectivity index (χ2v) is 4.94. The van der Waals surface area contributed by atoms with E-state index in [4.69, 9.17) is 20.8 Å². The summed E-state index contributed by atoms with van der Waals surface area (Å²) >= 11 is 6.07. The first-order valence-corrected chi connectivity index (χ1v) is 6.81. The van der Waals surface area contributed by atoms with E-state index in [0.29, 0.717) is 16.0 Å². The third-order valence-corrected chi connectivity index (χ3v) is 3.27. The van der Waals surface area contributed by atoms with E-state index in [9.17, 15) is 9.59 Å². The average molecular weight is 316 g/mol. The van der Waals surface area contributed by atoms with Crippen LogP contribution < -0.4 is 10.3 Å². The van der Waals surface area contributed by atoms with E-state index in [0.717, 1.165) is 0 Å². The van der Waals surface area contributed by atoms with E-state index in [1.54, 1.807) is 42.5 Å². The largest absolute Gasteiger partial charge is 0.436 e. The van der Waals surface area contributed by atoms with Crippen LogP contribution in [-0.4, -0.2) is 11.0 Å². The molecular formula is C16H10ClNO4. The maximum Gasteiger partial charge on any atom is 0.308 e. The van der Waals surface area contributed by atoms with Gasteiger partial charge in [-0.3, -0.25) is 9.59 Å². The molecule has 6 heteroatoms. The summed E-state index contributed by atoms with van der Waals surface area (Å²) < 4.78 is 10.8. The van der Waals surface area contributed by atoms with Gasteiger partial charge in [-0.2, -0.15) is 4.98 Å². The molecule has 0 amide bonds. The lowest BCUT2D eigenvalue weighted by Gasteiger charge is -2.08. The molecule has 0 spiro atoms. The van der Waals surface area contributed by atoms with Crippen molar-refractivity contribution in [3.8, 4) is 17.2 Å². The van der Waals surface area contributed by atoms with Crippen molar-refractivity contribution in [2.45, 2.75) is 6.92 Å². The number of ether oxygens (including phenoxy) is 1. The Kier molecular flexibility index (Phi) is 3.65. The molecule has 0 aliphatic carbocycles. The Labute approximate surface area is 130 Å². The quantitative estimate of drug-likeness (QED) is 0.535. The second kappa shape index (κ2) is 5.61. The topological polar surface area (TPSA) is 69.4 Å². The number of esters is 1. The molecule has 1 aromatic heterocycles. The molecule has 1 heterocycles. The Morgan fingerprint density at radius 2 is 1.95 bits per heavy atom. The molecule has 0 radical (unpaired) electrons. The number of para-hydroxylation sites is 2. The number of hydrogen-bond donors (Lipinski definition) is 0. The molecule has 0 saturated heterocycles. The van der Waals surface area contributed by atoms with Gasteiger partial charge in [-0.25, -0.2) is 0 Å². The smallest absolute Gasteiger partial charge is 0.308 e. The number of benzene rings is 2. The van der Waals surface area contributed by atoms with Crippen LogP contribution in [0.3, 0.4) is 0 Å². The van der Waals surface area contributed by atoms with Crippen LogP contribution in [0, 0.1) is 0 Å². The molecule has 3 aromatic rings. The predicted octanol–water partition coefficient (Wildman–Crippen LogP) is 3.43. The van der Waals surface area contributed by atoms with Gasteiger partial charge in [0.2, 0.25) is 5.89 Å². The highest BCUT2D eigenvalue weighted by molar-refractivity contribution is 6.34. The van der Waals surface area contributed by atoms with Gasteiger partial charge < -0.3 is 9.15 Å². The molecule has 0 bridgehead atoms. The number of halogens is 1. The molecule has 0 aliphatic rings. The Morgan fingerprint density at radius 1 is 1.18 bits per heavy atom. The number of rotatable bonds is 2. The average Bonchev–Trinajstić information content (AvgIpc) is 2.48. The molecule has 0 unspecified atom stereocenters. The third-order valence-electron chi connectivity index (χ3n) is 2.97.